The van der Waals surface area contributed by atoms with Crippen molar-refractivity contribution in [1.29, 1.82) is 0 Å². The van der Waals surface area contributed by atoms with Crippen LogP contribution in [0.3, 0.4) is 0 Å². The Hall–Kier alpha value is -0.613. The maximum Gasteiger partial charge on any atom is 0.205 e. The number of hydrogen-bond donors (Lipinski definition) is 1. The van der Waals surface area contributed by atoms with Crippen LogP contribution in [0.15, 0.2) is 12.5 Å². The lowest BCUT2D eigenvalue weighted by atomic mass is 9.87. The van der Waals surface area contributed by atoms with Gasteiger partial charge in [-0.05, 0) is 18.5 Å². The van der Waals surface area contributed by atoms with Gasteiger partial charge in [0, 0.05) is 0 Å². The van der Waals surface area contributed by atoms with Gasteiger partial charge < -0.3 is 9.41 Å². The summed E-state index contributed by atoms with van der Waals surface area (Å²) >= 11 is 0. The Morgan fingerprint density at radius 3 is 2.43 bits per heavy atom. The van der Waals surface area contributed by atoms with Gasteiger partial charge in [-0.2, -0.15) is 0 Å². The van der Waals surface area contributed by atoms with Crippen LogP contribution in [0.5, 0.6) is 0 Å². The second-order valence-electron chi connectivity index (χ2n) is 4.78. The molecule has 0 saturated heterocycles. The molecule has 0 aromatic carbocycles. The van der Waals surface area contributed by atoms with Gasteiger partial charge in [0.1, 0.15) is 0 Å². The highest BCUT2D eigenvalue weighted by molar-refractivity contribution is 6.48. The Balaban J connectivity index is 2.83. The van der Waals surface area contributed by atoms with E-state index in [1.807, 2.05) is 6.20 Å². The Morgan fingerprint density at radius 2 is 2.07 bits per heavy atom. The van der Waals surface area contributed by atoms with Gasteiger partial charge in [-0.1, -0.05) is 20.8 Å². The van der Waals surface area contributed by atoms with Crippen molar-refractivity contribution in [3.63, 3.8) is 0 Å². The average Bonchev–Trinajstić information content (AvgIpc) is 2.49. The van der Waals surface area contributed by atoms with Crippen LogP contribution in [0.4, 0.5) is 0 Å². The Labute approximate surface area is 87.6 Å². The second-order valence-corrected chi connectivity index (χ2v) is 6.83. The first-order chi connectivity index (χ1) is 6.41. The molecule has 0 aliphatic carbocycles. The lowest BCUT2D eigenvalue weighted by Crippen LogP contribution is -2.26. The fourth-order valence-electron chi connectivity index (χ4n) is 1.35. The summed E-state index contributed by atoms with van der Waals surface area (Å²) in [4.78, 5) is 7.17. The van der Waals surface area contributed by atoms with Crippen molar-refractivity contribution in [2.75, 3.05) is 0 Å². The summed E-state index contributed by atoms with van der Waals surface area (Å²) in [5.74, 6) is 0. The highest BCUT2D eigenvalue weighted by Crippen LogP contribution is 2.35. The van der Waals surface area contributed by atoms with Crippen molar-refractivity contribution in [3.05, 3.63) is 18.2 Å². The third-order valence-electron chi connectivity index (χ3n) is 1.94. The summed E-state index contributed by atoms with van der Waals surface area (Å²) in [6.07, 6.45) is 3.67. The van der Waals surface area contributed by atoms with Gasteiger partial charge >= 0.3 is 0 Å². The molecular weight excluding hydrogens is 192 g/mol. The van der Waals surface area contributed by atoms with E-state index >= 15 is 0 Å². The summed E-state index contributed by atoms with van der Waals surface area (Å²) in [6.45, 7) is 10.9. The molecule has 3 nitrogen and oxygen atoms in total. The Morgan fingerprint density at radius 1 is 1.43 bits per heavy atom. The fraction of sp³-hybridized carbons (Fsp3) is 0.700. The lowest BCUT2D eigenvalue weighted by molar-refractivity contribution is 0.0831. The summed E-state index contributed by atoms with van der Waals surface area (Å²) < 4.78 is 5.99. The molecular formula is C10H19N2OSi. The van der Waals surface area contributed by atoms with Gasteiger partial charge in [0.25, 0.3) is 0 Å². The van der Waals surface area contributed by atoms with Crippen molar-refractivity contribution < 1.29 is 4.43 Å². The summed E-state index contributed by atoms with van der Waals surface area (Å²) in [5.41, 5.74) is 1.18. The third-order valence-corrected chi connectivity index (χ3v) is 2.65. The molecule has 1 unspecified atom stereocenters. The van der Waals surface area contributed by atoms with E-state index in [9.17, 15) is 0 Å². The van der Waals surface area contributed by atoms with E-state index in [2.05, 4.69) is 43.8 Å². The first-order valence-corrected chi connectivity index (χ1v) is 7.27. The molecule has 1 atom stereocenters. The smallest absolute Gasteiger partial charge is 0.205 e. The van der Waals surface area contributed by atoms with Crippen molar-refractivity contribution in [2.45, 2.75) is 40.0 Å². The number of aromatic amines is 1. The number of nitrogens with one attached hydrogen (secondary N) is 1. The van der Waals surface area contributed by atoms with Gasteiger partial charge in [0.2, 0.25) is 9.04 Å². The highest BCUT2D eigenvalue weighted by atomic mass is 28.3. The Bertz CT molecular complexity index is 264. The molecule has 0 amide bonds. The maximum absolute atomic E-state index is 5.99. The third kappa shape index (κ3) is 2.96. The Kier molecular flexibility index (Phi) is 3.50. The number of aromatic nitrogens is 2. The predicted molar refractivity (Wildman–Crippen MR) is 59.4 cm³/mol. The van der Waals surface area contributed by atoms with Crippen LogP contribution < -0.4 is 0 Å². The van der Waals surface area contributed by atoms with Gasteiger partial charge in [-0.15, -0.1) is 0 Å². The first-order valence-electron chi connectivity index (χ1n) is 4.86. The number of hydrogen-bond acceptors (Lipinski definition) is 2. The molecule has 0 aliphatic heterocycles. The molecule has 1 rings (SSSR count). The molecule has 1 aromatic rings. The number of imidazole rings is 1. The van der Waals surface area contributed by atoms with E-state index in [1.165, 1.54) is 0 Å². The molecule has 14 heavy (non-hydrogen) atoms. The van der Waals surface area contributed by atoms with Gasteiger partial charge in [0.15, 0.2) is 0 Å². The van der Waals surface area contributed by atoms with Crippen LogP contribution in [-0.2, 0) is 4.43 Å². The van der Waals surface area contributed by atoms with E-state index < -0.39 is 9.04 Å². The summed E-state index contributed by atoms with van der Waals surface area (Å²) in [7, 11) is -0.689. The zero-order valence-electron chi connectivity index (χ0n) is 9.59. The minimum atomic E-state index is -0.689. The van der Waals surface area contributed by atoms with Crippen LogP contribution >= 0.6 is 0 Å². The lowest BCUT2D eigenvalue weighted by Gasteiger charge is -2.31. The molecule has 0 saturated carbocycles. The zero-order valence-corrected chi connectivity index (χ0v) is 10.6. The van der Waals surface area contributed by atoms with Gasteiger partial charge in [-0.3, -0.25) is 0 Å². The maximum atomic E-state index is 5.99. The molecule has 1 aromatic heterocycles. The van der Waals surface area contributed by atoms with Crippen LogP contribution in [0, 0.1) is 5.41 Å². The first kappa shape index (κ1) is 11.5. The number of rotatable bonds is 3. The van der Waals surface area contributed by atoms with Crippen LogP contribution in [0.1, 0.15) is 32.6 Å². The van der Waals surface area contributed by atoms with Crippen molar-refractivity contribution in [2.24, 2.45) is 5.41 Å². The van der Waals surface area contributed by atoms with E-state index in [-0.39, 0.29) is 11.5 Å². The molecule has 1 heterocycles. The molecule has 0 bridgehead atoms. The SMILES string of the molecule is C[Si](C)OC(c1cnc[nH]1)C(C)(C)C. The van der Waals surface area contributed by atoms with E-state index in [0.29, 0.717) is 0 Å². The van der Waals surface area contributed by atoms with Crippen molar-refractivity contribution in [1.82, 2.24) is 9.97 Å². The molecule has 4 heteroatoms. The van der Waals surface area contributed by atoms with E-state index in [0.717, 1.165) is 5.69 Å². The molecule has 1 radical (unpaired) electrons. The van der Waals surface area contributed by atoms with Crippen molar-refractivity contribution in [3.8, 4) is 0 Å². The van der Waals surface area contributed by atoms with E-state index in [1.54, 1.807) is 6.33 Å². The van der Waals surface area contributed by atoms with Crippen molar-refractivity contribution >= 4 is 9.04 Å². The minimum Gasteiger partial charge on any atom is -0.408 e. The zero-order chi connectivity index (χ0) is 10.8. The minimum absolute atomic E-state index is 0.106. The summed E-state index contributed by atoms with van der Waals surface area (Å²) in [5, 5.41) is 0. The molecule has 1 N–H and O–H groups in total. The fourth-order valence-corrected chi connectivity index (χ4v) is 2.30. The van der Waals surface area contributed by atoms with Crippen LogP contribution in [-0.4, -0.2) is 19.0 Å². The van der Waals surface area contributed by atoms with Gasteiger partial charge in [0.05, 0.1) is 24.3 Å². The van der Waals surface area contributed by atoms with Gasteiger partial charge in [-0.25, -0.2) is 4.98 Å². The topological polar surface area (TPSA) is 37.9 Å². The predicted octanol–water partition coefficient (Wildman–Crippen LogP) is 2.76. The van der Waals surface area contributed by atoms with Crippen LogP contribution in [0.2, 0.25) is 13.1 Å². The van der Waals surface area contributed by atoms with E-state index in [4.69, 9.17) is 4.43 Å². The standard InChI is InChI=1S/C10H19N2OSi/c1-10(2,3)9(13-14(4)5)8-6-11-7-12-8/h6-7,9H,1-5H3,(H,11,12). The van der Waals surface area contributed by atoms with Crippen LogP contribution in [0.25, 0.3) is 0 Å². The average molecular weight is 211 g/mol. The number of nitrogens with zero attached hydrogens (tertiary/aromatic N) is 1. The largest absolute Gasteiger partial charge is 0.408 e. The second kappa shape index (κ2) is 4.27. The number of H-pyrrole nitrogens is 1. The molecule has 79 valence electrons. The monoisotopic (exact) mass is 211 g/mol. The molecule has 0 spiro atoms. The molecule has 0 fully saturated rings. The quantitative estimate of drug-likeness (QED) is 0.781. The molecule has 0 aliphatic rings. The highest BCUT2D eigenvalue weighted by Gasteiger charge is 2.28. The summed E-state index contributed by atoms with van der Waals surface area (Å²) in [6, 6.07) is 0. The normalized spacial score (nSPS) is 14.7.